The number of unbranched alkanes of at least 4 members (excludes halogenated alkanes) is 3. The van der Waals surface area contributed by atoms with E-state index in [2.05, 4.69) is 6.92 Å². The van der Waals surface area contributed by atoms with Gasteiger partial charge in [-0.05, 0) is 6.42 Å². The zero-order valence-electron chi connectivity index (χ0n) is 11.6. The fourth-order valence-corrected chi connectivity index (χ4v) is 2.01. The van der Waals surface area contributed by atoms with Crippen LogP contribution in [0.5, 0.6) is 0 Å². The highest BCUT2D eigenvalue weighted by Gasteiger charge is 2.43. The smallest absolute Gasteiger partial charge is 0.305 e. The maximum absolute atomic E-state index is 11.4. The van der Waals surface area contributed by atoms with Crippen molar-refractivity contribution < 1.29 is 34.7 Å². The first kappa shape index (κ1) is 17.3. The van der Waals surface area contributed by atoms with Crippen molar-refractivity contribution in [1.82, 2.24) is 0 Å². The normalized spacial score (nSPS) is 34.0. The summed E-state index contributed by atoms with van der Waals surface area (Å²) in [5, 5.41) is 37.7. The molecule has 1 aliphatic rings. The molecule has 118 valence electrons. The molecule has 1 fully saturated rings. The molecule has 0 aliphatic carbocycles. The van der Waals surface area contributed by atoms with Crippen molar-refractivity contribution in [3.63, 3.8) is 0 Å². The molecule has 0 bridgehead atoms. The van der Waals surface area contributed by atoms with Gasteiger partial charge in [0, 0.05) is 6.42 Å². The monoisotopic (exact) mass is 292 g/mol. The molecule has 1 rings (SSSR count). The SMILES string of the molecule is CCCCCCC(=O)OC[C@H]1O[C@@H](O)[C@H](O)[C@@H](O)[C@@H]1O. The highest BCUT2D eigenvalue weighted by molar-refractivity contribution is 5.69. The highest BCUT2D eigenvalue weighted by Crippen LogP contribution is 2.20. The Morgan fingerprint density at radius 3 is 2.40 bits per heavy atom. The van der Waals surface area contributed by atoms with E-state index in [-0.39, 0.29) is 13.0 Å². The van der Waals surface area contributed by atoms with Gasteiger partial charge in [-0.2, -0.15) is 0 Å². The van der Waals surface area contributed by atoms with E-state index in [0.29, 0.717) is 0 Å². The minimum absolute atomic E-state index is 0.269. The van der Waals surface area contributed by atoms with Gasteiger partial charge in [0.25, 0.3) is 0 Å². The van der Waals surface area contributed by atoms with Crippen LogP contribution in [0.1, 0.15) is 39.0 Å². The van der Waals surface area contributed by atoms with Crippen molar-refractivity contribution in [2.45, 2.75) is 69.7 Å². The van der Waals surface area contributed by atoms with E-state index in [1.165, 1.54) is 0 Å². The van der Waals surface area contributed by atoms with E-state index < -0.39 is 36.7 Å². The maximum Gasteiger partial charge on any atom is 0.305 e. The number of esters is 1. The van der Waals surface area contributed by atoms with Gasteiger partial charge in [-0.15, -0.1) is 0 Å². The Bertz CT molecular complexity index is 296. The number of carbonyl (C=O) groups excluding carboxylic acids is 1. The van der Waals surface area contributed by atoms with Crippen molar-refractivity contribution in [3.8, 4) is 0 Å². The van der Waals surface area contributed by atoms with Gasteiger partial charge in [0.05, 0.1) is 0 Å². The van der Waals surface area contributed by atoms with Crippen LogP contribution in [0.25, 0.3) is 0 Å². The molecule has 0 aromatic heterocycles. The van der Waals surface area contributed by atoms with E-state index in [0.717, 1.165) is 25.7 Å². The number of rotatable bonds is 7. The largest absolute Gasteiger partial charge is 0.463 e. The quantitative estimate of drug-likeness (QED) is 0.362. The van der Waals surface area contributed by atoms with Crippen molar-refractivity contribution in [1.29, 1.82) is 0 Å². The lowest BCUT2D eigenvalue weighted by atomic mass is 9.99. The first-order valence-corrected chi connectivity index (χ1v) is 7.00. The molecule has 0 spiro atoms. The van der Waals surface area contributed by atoms with Crippen molar-refractivity contribution >= 4 is 5.97 Å². The molecule has 1 heterocycles. The van der Waals surface area contributed by atoms with Crippen LogP contribution >= 0.6 is 0 Å². The summed E-state index contributed by atoms with van der Waals surface area (Å²) in [4.78, 5) is 11.4. The summed E-state index contributed by atoms with van der Waals surface area (Å²) in [6.07, 6.45) is -3.06. The van der Waals surface area contributed by atoms with Crippen LogP contribution in [0.2, 0.25) is 0 Å². The Hall–Kier alpha value is -0.730. The molecular formula is C13H24O7. The van der Waals surface area contributed by atoms with Crippen molar-refractivity contribution in [3.05, 3.63) is 0 Å². The average molecular weight is 292 g/mol. The summed E-state index contributed by atoms with van der Waals surface area (Å²) in [6, 6.07) is 0. The molecule has 1 saturated heterocycles. The van der Waals surface area contributed by atoms with Crippen LogP contribution < -0.4 is 0 Å². The first-order chi connectivity index (χ1) is 9.47. The van der Waals surface area contributed by atoms with Gasteiger partial charge in [-0.3, -0.25) is 4.79 Å². The second-order valence-electron chi connectivity index (χ2n) is 5.03. The van der Waals surface area contributed by atoms with Gasteiger partial charge in [0.15, 0.2) is 6.29 Å². The number of carbonyl (C=O) groups is 1. The standard InChI is InChI=1S/C13H24O7/c1-2-3-4-5-6-9(14)19-7-8-10(15)11(16)12(17)13(18)20-8/h8,10-13,15-18H,2-7H2,1H3/t8-,10-,11+,12-,13-/m1/s1. The maximum atomic E-state index is 11.4. The van der Waals surface area contributed by atoms with Crippen LogP contribution in [0, 0.1) is 0 Å². The number of hydrogen-bond acceptors (Lipinski definition) is 7. The summed E-state index contributed by atoms with van der Waals surface area (Å²) in [5.41, 5.74) is 0. The van der Waals surface area contributed by atoms with Gasteiger partial charge >= 0.3 is 5.97 Å². The van der Waals surface area contributed by atoms with Crippen LogP contribution in [0.4, 0.5) is 0 Å². The Morgan fingerprint density at radius 2 is 1.75 bits per heavy atom. The van der Waals surface area contributed by atoms with E-state index in [1.807, 2.05) is 0 Å². The molecule has 0 saturated carbocycles. The fraction of sp³-hybridized carbons (Fsp3) is 0.923. The summed E-state index contributed by atoms with van der Waals surface area (Å²) in [7, 11) is 0. The summed E-state index contributed by atoms with van der Waals surface area (Å²) >= 11 is 0. The number of aliphatic hydroxyl groups excluding tert-OH is 4. The summed E-state index contributed by atoms with van der Waals surface area (Å²) in [5.74, 6) is -0.410. The molecule has 1 aliphatic heterocycles. The minimum atomic E-state index is -1.61. The second-order valence-corrected chi connectivity index (χ2v) is 5.03. The third-order valence-electron chi connectivity index (χ3n) is 3.33. The fourth-order valence-electron chi connectivity index (χ4n) is 2.01. The summed E-state index contributed by atoms with van der Waals surface area (Å²) < 4.78 is 9.83. The van der Waals surface area contributed by atoms with Gasteiger partial charge in [-0.25, -0.2) is 0 Å². The van der Waals surface area contributed by atoms with Crippen molar-refractivity contribution in [2.75, 3.05) is 6.61 Å². The zero-order valence-corrected chi connectivity index (χ0v) is 11.6. The molecule has 0 aromatic rings. The summed E-state index contributed by atoms with van der Waals surface area (Å²) in [6.45, 7) is 1.81. The second kappa shape index (κ2) is 8.53. The lowest BCUT2D eigenvalue weighted by Gasteiger charge is -2.37. The first-order valence-electron chi connectivity index (χ1n) is 7.00. The molecule has 0 aromatic carbocycles. The predicted molar refractivity (Wildman–Crippen MR) is 68.6 cm³/mol. The molecule has 7 heteroatoms. The zero-order chi connectivity index (χ0) is 15.1. The molecule has 7 nitrogen and oxygen atoms in total. The van der Waals surface area contributed by atoms with Crippen LogP contribution in [0.15, 0.2) is 0 Å². The van der Waals surface area contributed by atoms with Gasteiger partial charge in [0.1, 0.15) is 31.0 Å². The lowest BCUT2D eigenvalue weighted by Crippen LogP contribution is -2.58. The van der Waals surface area contributed by atoms with Gasteiger partial charge in [0.2, 0.25) is 0 Å². The molecule has 0 unspecified atom stereocenters. The Labute approximate surface area is 118 Å². The Morgan fingerprint density at radius 1 is 1.05 bits per heavy atom. The molecule has 5 atom stereocenters. The lowest BCUT2D eigenvalue weighted by molar-refractivity contribution is -0.287. The Balaban J connectivity index is 2.28. The Kier molecular flexibility index (Phi) is 7.39. The molecule has 20 heavy (non-hydrogen) atoms. The van der Waals surface area contributed by atoms with E-state index in [9.17, 15) is 25.2 Å². The predicted octanol–water partition coefficient (Wildman–Crippen LogP) is -0.700. The molecular weight excluding hydrogens is 268 g/mol. The van der Waals surface area contributed by atoms with Crippen LogP contribution in [0.3, 0.4) is 0 Å². The number of aliphatic hydroxyl groups is 4. The topological polar surface area (TPSA) is 116 Å². The van der Waals surface area contributed by atoms with E-state index in [4.69, 9.17) is 9.47 Å². The van der Waals surface area contributed by atoms with Crippen molar-refractivity contribution in [2.24, 2.45) is 0 Å². The third kappa shape index (κ3) is 4.99. The van der Waals surface area contributed by atoms with E-state index >= 15 is 0 Å². The minimum Gasteiger partial charge on any atom is -0.463 e. The molecule has 0 radical (unpaired) electrons. The van der Waals surface area contributed by atoms with Crippen LogP contribution in [-0.4, -0.2) is 63.7 Å². The average Bonchev–Trinajstić information content (AvgIpc) is 2.43. The van der Waals surface area contributed by atoms with Gasteiger partial charge < -0.3 is 29.9 Å². The van der Waals surface area contributed by atoms with E-state index in [1.54, 1.807) is 0 Å². The highest BCUT2D eigenvalue weighted by atomic mass is 16.6. The third-order valence-corrected chi connectivity index (χ3v) is 3.33. The number of hydrogen-bond donors (Lipinski definition) is 4. The van der Waals surface area contributed by atoms with Gasteiger partial charge in [-0.1, -0.05) is 26.2 Å². The van der Waals surface area contributed by atoms with Crippen LogP contribution in [-0.2, 0) is 14.3 Å². The molecule has 4 N–H and O–H groups in total. The molecule has 0 amide bonds. The number of ether oxygens (including phenoxy) is 2.